The van der Waals surface area contributed by atoms with Crippen LogP contribution in [0, 0.1) is 20.8 Å². The molecule has 8 nitrogen and oxygen atoms in total. The van der Waals surface area contributed by atoms with Crippen molar-refractivity contribution >= 4 is 34.1 Å². The van der Waals surface area contributed by atoms with E-state index in [4.69, 9.17) is 0 Å². The van der Waals surface area contributed by atoms with Gasteiger partial charge in [-0.15, -0.1) is 0 Å². The molecule has 2 N–H and O–H groups in total. The van der Waals surface area contributed by atoms with Gasteiger partial charge in [0.05, 0.1) is 10.9 Å². The number of nitrogens with one attached hydrogen (secondary N) is 2. The van der Waals surface area contributed by atoms with E-state index in [0.717, 1.165) is 26.9 Å². The summed E-state index contributed by atoms with van der Waals surface area (Å²) in [5.41, 5.74) is 3.91. The average Bonchev–Trinajstić information content (AvgIpc) is 2.89. The van der Waals surface area contributed by atoms with Gasteiger partial charge in [-0.25, -0.2) is 4.79 Å². The minimum atomic E-state index is -0.547. The maximum absolute atomic E-state index is 13.4. The Bertz CT molecular complexity index is 1600. The van der Waals surface area contributed by atoms with Crippen molar-refractivity contribution in [1.82, 2.24) is 9.13 Å². The lowest BCUT2D eigenvalue weighted by molar-refractivity contribution is -0.117. The molecule has 4 aromatic rings. The Morgan fingerprint density at radius 2 is 1.47 bits per heavy atom. The van der Waals surface area contributed by atoms with Gasteiger partial charge in [-0.05, 0) is 75.1 Å². The van der Waals surface area contributed by atoms with Gasteiger partial charge in [-0.1, -0.05) is 42.0 Å². The molecule has 0 spiro atoms. The van der Waals surface area contributed by atoms with Crippen molar-refractivity contribution in [2.24, 2.45) is 0 Å². The number of hydrogen-bond donors (Lipinski definition) is 2. The number of nitrogens with zero attached hydrogens (tertiary/aromatic N) is 2. The van der Waals surface area contributed by atoms with Gasteiger partial charge < -0.3 is 10.6 Å². The maximum Gasteiger partial charge on any atom is 0.331 e. The van der Waals surface area contributed by atoms with Gasteiger partial charge >= 0.3 is 5.69 Å². The van der Waals surface area contributed by atoms with E-state index in [-0.39, 0.29) is 31.3 Å². The molecule has 0 unspecified atom stereocenters. The molecule has 0 bridgehead atoms. The molecular formula is C30H32N4O4. The van der Waals surface area contributed by atoms with E-state index in [1.807, 2.05) is 63.2 Å². The quantitative estimate of drug-likeness (QED) is 0.322. The largest absolute Gasteiger partial charge is 0.331 e. The summed E-state index contributed by atoms with van der Waals surface area (Å²) >= 11 is 0. The van der Waals surface area contributed by atoms with Crippen LogP contribution in [-0.2, 0) is 22.7 Å². The number of carbonyl (C=O) groups is 2. The van der Waals surface area contributed by atoms with Crippen LogP contribution in [0.1, 0.15) is 36.0 Å². The zero-order valence-corrected chi connectivity index (χ0v) is 21.9. The molecule has 0 radical (unpaired) electrons. The number of anilines is 2. The second-order valence-electron chi connectivity index (χ2n) is 9.58. The highest BCUT2D eigenvalue weighted by Gasteiger charge is 2.16. The van der Waals surface area contributed by atoms with Crippen LogP contribution in [0.4, 0.5) is 11.4 Å². The molecule has 0 saturated heterocycles. The van der Waals surface area contributed by atoms with Crippen molar-refractivity contribution < 1.29 is 9.59 Å². The van der Waals surface area contributed by atoms with E-state index in [0.29, 0.717) is 29.4 Å². The smallest absolute Gasteiger partial charge is 0.326 e. The van der Waals surface area contributed by atoms with Gasteiger partial charge in [0, 0.05) is 24.3 Å². The van der Waals surface area contributed by atoms with Crippen molar-refractivity contribution in [3.8, 4) is 0 Å². The number of benzene rings is 3. The molecule has 3 aromatic carbocycles. The van der Waals surface area contributed by atoms with Crippen LogP contribution in [0.25, 0.3) is 10.9 Å². The molecule has 196 valence electrons. The van der Waals surface area contributed by atoms with Crippen LogP contribution in [-0.4, -0.2) is 20.9 Å². The van der Waals surface area contributed by atoms with Gasteiger partial charge in [0.25, 0.3) is 5.56 Å². The fourth-order valence-electron chi connectivity index (χ4n) is 4.34. The van der Waals surface area contributed by atoms with Crippen LogP contribution >= 0.6 is 0 Å². The number of aromatic nitrogens is 2. The number of rotatable bonds is 9. The number of unbranched alkanes of at least 4 members (excludes halogenated alkanes) is 1. The van der Waals surface area contributed by atoms with Crippen LogP contribution in [0.2, 0.25) is 0 Å². The average molecular weight is 513 g/mol. The highest BCUT2D eigenvalue weighted by molar-refractivity contribution is 5.92. The molecule has 38 heavy (non-hydrogen) atoms. The lowest BCUT2D eigenvalue weighted by atomic mass is 10.1. The Labute approximate surface area is 220 Å². The van der Waals surface area contributed by atoms with E-state index >= 15 is 0 Å². The van der Waals surface area contributed by atoms with Gasteiger partial charge in [0.1, 0.15) is 6.54 Å². The van der Waals surface area contributed by atoms with Crippen molar-refractivity contribution in [3.63, 3.8) is 0 Å². The third-order valence-corrected chi connectivity index (χ3v) is 6.47. The normalized spacial score (nSPS) is 10.9. The first-order valence-electron chi connectivity index (χ1n) is 12.7. The zero-order valence-electron chi connectivity index (χ0n) is 21.9. The van der Waals surface area contributed by atoms with Gasteiger partial charge in [0.2, 0.25) is 11.8 Å². The summed E-state index contributed by atoms with van der Waals surface area (Å²) in [5.74, 6) is -0.482. The predicted molar refractivity (Wildman–Crippen MR) is 151 cm³/mol. The summed E-state index contributed by atoms with van der Waals surface area (Å²) in [4.78, 5) is 51.7. The fourth-order valence-corrected chi connectivity index (χ4v) is 4.34. The third kappa shape index (κ3) is 6.26. The van der Waals surface area contributed by atoms with Crippen molar-refractivity contribution in [3.05, 3.63) is 104 Å². The Balaban J connectivity index is 1.48. The molecule has 1 heterocycles. The van der Waals surface area contributed by atoms with E-state index in [2.05, 4.69) is 10.6 Å². The highest BCUT2D eigenvalue weighted by Crippen LogP contribution is 2.17. The number of fused-ring (bicyclic) bond motifs is 1. The van der Waals surface area contributed by atoms with Gasteiger partial charge in [-0.3, -0.25) is 23.5 Å². The Kier molecular flexibility index (Phi) is 8.21. The highest BCUT2D eigenvalue weighted by atomic mass is 16.2. The number of amides is 2. The lowest BCUT2D eigenvalue weighted by Crippen LogP contribution is -2.41. The lowest BCUT2D eigenvalue weighted by Gasteiger charge is -2.15. The standard InChI is InChI=1S/C30H32N4O4/c1-20-12-15-23(16-13-20)31-27(35)10-6-7-17-33-29(37)24-8-4-5-9-26(24)34(30(33)38)19-28(36)32-25-18-21(2)11-14-22(25)3/h4-5,8-9,11-16,18H,6-7,10,17,19H2,1-3H3,(H,31,35)(H,32,36). The molecule has 0 aliphatic rings. The molecule has 0 saturated carbocycles. The summed E-state index contributed by atoms with van der Waals surface area (Å²) < 4.78 is 2.49. The van der Waals surface area contributed by atoms with E-state index in [1.54, 1.807) is 24.3 Å². The van der Waals surface area contributed by atoms with E-state index in [9.17, 15) is 19.2 Å². The molecule has 0 fully saturated rings. The summed E-state index contributed by atoms with van der Waals surface area (Å²) in [6.45, 7) is 5.74. The van der Waals surface area contributed by atoms with E-state index < -0.39 is 11.2 Å². The molecule has 0 aliphatic carbocycles. The Morgan fingerprint density at radius 3 is 2.24 bits per heavy atom. The maximum atomic E-state index is 13.4. The van der Waals surface area contributed by atoms with Gasteiger partial charge in [-0.2, -0.15) is 0 Å². The van der Waals surface area contributed by atoms with Crippen molar-refractivity contribution in [2.45, 2.75) is 53.1 Å². The molecular weight excluding hydrogens is 480 g/mol. The first kappa shape index (κ1) is 26.6. The summed E-state index contributed by atoms with van der Waals surface area (Å²) in [5, 5.41) is 6.10. The van der Waals surface area contributed by atoms with Crippen molar-refractivity contribution in [1.29, 1.82) is 0 Å². The number of carbonyl (C=O) groups excluding carboxylic acids is 2. The first-order valence-corrected chi connectivity index (χ1v) is 12.7. The number of aryl methyl sites for hydroxylation is 3. The van der Waals surface area contributed by atoms with Crippen LogP contribution in [0.3, 0.4) is 0 Å². The second-order valence-corrected chi connectivity index (χ2v) is 9.58. The van der Waals surface area contributed by atoms with Crippen LogP contribution < -0.4 is 21.9 Å². The molecule has 8 heteroatoms. The number of hydrogen-bond acceptors (Lipinski definition) is 4. The second kappa shape index (κ2) is 11.7. The molecule has 0 aliphatic heterocycles. The molecule has 0 atom stereocenters. The first-order chi connectivity index (χ1) is 18.2. The van der Waals surface area contributed by atoms with E-state index in [1.165, 1.54) is 4.57 Å². The molecule has 1 aromatic heterocycles. The SMILES string of the molecule is Cc1ccc(NC(=O)CCCCn2c(=O)c3ccccc3n(CC(=O)Nc3cc(C)ccc3C)c2=O)cc1. The minimum absolute atomic E-state index is 0.125. The summed E-state index contributed by atoms with van der Waals surface area (Å²) in [7, 11) is 0. The molecule has 4 rings (SSSR count). The Morgan fingerprint density at radius 1 is 0.763 bits per heavy atom. The third-order valence-electron chi connectivity index (χ3n) is 6.47. The zero-order chi connectivity index (χ0) is 27.2. The molecule has 2 amide bonds. The summed E-state index contributed by atoms with van der Waals surface area (Å²) in [6, 6.07) is 20.1. The topological polar surface area (TPSA) is 102 Å². The van der Waals surface area contributed by atoms with Crippen molar-refractivity contribution in [2.75, 3.05) is 10.6 Å². The van der Waals surface area contributed by atoms with Crippen LogP contribution in [0.15, 0.2) is 76.3 Å². The summed E-state index contributed by atoms with van der Waals surface area (Å²) in [6.07, 6.45) is 1.23. The van der Waals surface area contributed by atoms with Gasteiger partial charge in [0.15, 0.2) is 0 Å². The fraction of sp³-hybridized carbons (Fsp3) is 0.267. The number of para-hydroxylation sites is 1. The van der Waals surface area contributed by atoms with Crippen LogP contribution in [0.5, 0.6) is 0 Å². The Hall–Kier alpha value is -4.46. The monoisotopic (exact) mass is 512 g/mol. The predicted octanol–water partition coefficient (Wildman–Crippen LogP) is 4.54. The minimum Gasteiger partial charge on any atom is -0.326 e.